The molecule has 0 unspecified atom stereocenters. The van der Waals surface area contributed by atoms with Gasteiger partial charge in [-0.15, -0.1) is 0 Å². The summed E-state index contributed by atoms with van der Waals surface area (Å²) >= 11 is 0. The minimum atomic E-state index is -4.26. The van der Waals surface area contributed by atoms with Crippen molar-refractivity contribution >= 4 is 47.0 Å². The second-order valence-electron chi connectivity index (χ2n) is 15.5. The molecule has 0 aromatic heterocycles. The lowest BCUT2D eigenvalue weighted by Crippen LogP contribution is -2.10. The smallest absolute Gasteiger partial charge is 0.389 e. The first-order valence-electron chi connectivity index (χ1n) is 21.3. The number of nitrogen functional groups attached to an aromatic ring is 2. The molecule has 0 saturated carbocycles. The maximum atomic E-state index is 14.0. The van der Waals surface area contributed by atoms with Crippen LogP contribution in [-0.2, 0) is 0 Å². The first-order chi connectivity index (χ1) is 32.8. The number of hydrogen-bond acceptors (Lipinski definition) is 10. The maximum absolute atomic E-state index is 14.0. The van der Waals surface area contributed by atoms with Crippen molar-refractivity contribution in [2.45, 2.75) is 45.0 Å². The summed E-state index contributed by atoms with van der Waals surface area (Å²) in [6.07, 6.45) is -5.01. The average Bonchev–Trinajstić information content (AvgIpc) is 3.31. The van der Waals surface area contributed by atoms with Crippen LogP contribution < -0.4 is 30.4 Å². The molecule has 0 heterocycles. The topological polar surface area (TPSA) is 157 Å². The Kier molecular flexibility index (Phi) is 16.4. The van der Waals surface area contributed by atoms with Gasteiger partial charge in [0.2, 0.25) is 0 Å². The molecule has 4 N–H and O–H groups in total. The quantitative estimate of drug-likeness (QED) is 0.0152. The Balaban J connectivity index is 1.08. The molecule has 0 aliphatic heterocycles. The Morgan fingerprint density at radius 2 is 0.942 bits per heavy atom. The highest BCUT2D eigenvalue weighted by Crippen LogP contribution is 2.34. The normalized spacial score (nSPS) is 11.7. The van der Waals surface area contributed by atoms with Crippen molar-refractivity contribution in [3.8, 4) is 34.1 Å². The number of esters is 2. The number of halogens is 6. The fourth-order valence-corrected chi connectivity index (χ4v) is 6.71. The van der Waals surface area contributed by atoms with Gasteiger partial charge in [-0.25, -0.2) is 9.59 Å². The van der Waals surface area contributed by atoms with Gasteiger partial charge < -0.3 is 30.4 Å². The summed E-state index contributed by atoms with van der Waals surface area (Å²) in [7, 11) is 0. The lowest BCUT2D eigenvalue weighted by Gasteiger charge is -2.16. The van der Waals surface area contributed by atoms with Crippen LogP contribution in [0.4, 0.5) is 37.7 Å². The zero-order valence-electron chi connectivity index (χ0n) is 36.9. The molecule has 6 rings (SSSR count). The van der Waals surface area contributed by atoms with Crippen LogP contribution in [0.2, 0.25) is 0 Å². The van der Waals surface area contributed by atoms with Crippen molar-refractivity contribution in [3.05, 3.63) is 178 Å². The third kappa shape index (κ3) is 14.9. The Bertz CT molecular complexity index is 2840. The number of carbonyl (C=O) groups excluding carboxylic acids is 4. The summed E-state index contributed by atoms with van der Waals surface area (Å²) in [4.78, 5) is 53.4. The number of ether oxygens (including phenoxy) is 4. The van der Waals surface area contributed by atoms with E-state index in [-0.39, 0.29) is 59.8 Å². The van der Waals surface area contributed by atoms with E-state index in [2.05, 4.69) is 0 Å². The van der Waals surface area contributed by atoms with Gasteiger partial charge in [-0.05, 0) is 151 Å². The van der Waals surface area contributed by atoms with Gasteiger partial charge in [-0.1, -0.05) is 48.6 Å². The van der Waals surface area contributed by atoms with Crippen molar-refractivity contribution < 1.29 is 64.5 Å². The molecule has 6 aromatic carbocycles. The molecule has 10 nitrogen and oxygen atoms in total. The monoisotopic (exact) mass is 950 g/mol. The van der Waals surface area contributed by atoms with Crippen LogP contribution in [-0.4, -0.2) is 49.1 Å². The second-order valence-corrected chi connectivity index (χ2v) is 15.5. The third-order valence-corrected chi connectivity index (χ3v) is 10.3. The maximum Gasteiger partial charge on any atom is 0.389 e. The standard InChI is InChI=1S/C53H44F6N2O8/c1-33-46(61)25-24-44(49(33)48(63)27-9-35-6-12-37(13-7-35)51(65)69-42-21-17-40(18-22-42)67-31-3-29-53(57,58)59)43-23-14-38(60)32-45(43)47(62)26-8-34-4-10-36(11-5-34)50(64)68-41-19-15-39(16-20-41)66-30-2-28-52(54,55)56/h4-27,32H,2-3,28-31,60-61H2,1H3. The second kappa shape index (κ2) is 22.6. The van der Waals surface area contributed by atoms with Crippen LogP contribution in [0.3, 0.4) is 0 Å². The van der Waals surface area contributed by atoms with E-state index in [1.165, 1.54) is 91.0 Å². The highest BCUT2D eigenvalue weighted by atomic mass is 19.4. The lowest BCUT2D eigenvalue weighted by molar-refractivity contribution is -0.137. The predicted octanol–water partition coefficient (Wildman–Crippen LogP) is 12.5. The summed E-state index contributed by atoms with van der Waals surface area (Å²) in [5, 5.41) is 0. The molecule has 0 saturated heterocycles. The van der Waals surface area contributed by atoms with Crippen molar-refractivity contribution in [1.29, 1.82) is 0 Å². The molecule has 0 bridgehead atoms. The Hall–Kier alpha value is -8.14. The molecular weight excluding hydrogens is 907 g/mol. The SMILES string of the molecule is Cc1c(N)ccc(-c2ccc(N)cc2C(=O)C=Cc2ccc(C(=O)Oc3ccc(OCCCC(F)(F)F)cc3)cc2)c1C(=O)C=Cc1ccc(C(=O)Oc2ccc(OCCCC(F)(F)F)cc2)cc1. The predicted molar refractivity (Wildman–Crippen MR) is 249 cm³/mol. The van der Waals surface area contributed by atoms with Gasteiger partial charge in [0.05, 0.1) is 24.3 Å². The number of hydrogen-bond donors (Lipinski definition) is 2. The summed E-state index contributed by atoms with van der Waals surface area (Å²) in [5.41, 5.74) is 16.4. The van der Waals surface area contributed by atoms with E-state index in [1.807, 2.05) is 0 Å². The zero-order chi connectivity index (χ0) is 49.7. The number of alkyl halides is 6. The van der Waals surface area contributed by atoms with Crippen molar-refractivity contribution in [3.63, 3.8) is 0 Å². The van der Waals surface area contributed by atoms with Gasteiger partial charge in [0, 0.05) is 35.3 Å². The van der Waals surface area contributed by atoms with Gasteiger partial charge in [-0.2, -0.15) is 26.3 Å². The minimum absolute atomic E-state index is 0.121. The highest BCUT2D eigenvalue weighted by Gasteiger charge is 2.27. The number of anilines is 2. The number of carbonyl (C=O) groups is 4. The summed E-state index contributed by atoms with van der Waals surface area (Å²) in [6, 6.07) is 32.3. The molecule has 6 aromatic rings. The van der Waals surface area contributed by atoms with Gasteiger partial charge in [0.15, 0.2) is 11.6 Å². The molecule has 0 atom stereocenters. The molecule has 69 heavy (non-hydrogen) atoms. The van der Waals surface area contributed by atoms with E-state index >= 15 is 0 Å². The fourth-order valence-electron chi connectivity index (χ4n) is 6.71. The van der Waals surface area contributed by atoms with Gasteiger partial charge in [0.1, 0.15) is 23.0 Å². The van der Waals surface area contributed by atoms with E-state index in [1.54, 1.807) is 67.6 Å². The molecule has 0 radical (unpaired) electrons. The molecular formula is C53H44F6N2O8. The van der Waals surface area contributed by atoms with Crippen LogP contribution in [0.1, 0.15) is 83.8 Å². The van der Waals surface area contributed by atoms with Crippen LogP contribution in [0, 0.1) is 6.92 Å². The van der Waals surface area contributed by atoms with E-state index in [9.17, 15) is 45.5 Å². The Labute approximate surface area is 392 Å². The molecule has 0 spiro atoms. The number of allylic oxidation sites excluding steroid dienone is 2. The van der Waals surface area contributed by atoms with E-state index in [0.29, 0.717) is 50.7 Å². The molecule has 16 heteroatoms. The van der Waals surface area contributed by atoms with Gasteiger partial charge in [-0.3, -0.25) is 9.59 Å². The first-order valence-corrected chi connectivity index (χ1v) is 21.3. The highest BCUT2D eigenvalue weighted by molar-refractivity contribution is 6.16. The summed E-state index contributed by atoms with van der Waals surface area (Å²) in [6.45, 7) is 1.45. The van der Waals surface area contributed by atoms with Crippen molar-refractivity contribution in [2.75, 3.05) is 24.7 Å². The van der Waals surface area contributed by atoms with Crippen LogP contribution in [0.25, 0.3) is 23.3 Å². The van der Waals surface area contributed by atoms with Gasteiger partial charge in [0.25, 0.3) is 0 Å². The fraction of sp³-hybridized carbons (Fsp3) is 0.170. The molecule has 0 amide bonds. The minimum Gasteiger partial charge on any atom is -0.494 e. The number of benzene rings is 6. The van der Waals surface area contributed by atoms with Crippen LogP contribution in [0.5, 0.6) is 23.0 Å². The van der Waals surface area contributed by atoms with Crippen molar-refractivity contribution in [2.24, 2.45) is 0 Å². The summed E-state index contributed by atoms with van der Waals surface area (Å²) < 4.78 is 95.7. The number of nitrogens with two attached hydrogens (primary N) is 2. The average molecular weight is 951 g/mol. The summed E-state index contributed by atoms with van der Waals surface area (Å²) in [5.74, 6) is -1.14. The zero-order valence-corrected chi connectivity index (χ0v) is 36.9. The Morgan fingerprint density at radius 3 is 1.39 bits per heavy atom. The third-order valence-electron chi connectivity index (χ3n) is 10.3. The first kappa shape index (κ1) is 50.3. The lowest BCUT2D eigenvalue weighted by atomic mass is 9.88. The molecule has 356 valence electrons. The largest absolute Gasteiger partial charge is 0.494 e. The number of rotatable bonds is 19. The number of ketones is 2. The van der Waals surface area contributed by atoms with Crippen molar-refractivity contribution in [1.82, 2.24) is 0 Å². The van der Waals surface area contributed by atoms with Crippen LogP contribution >= 0.6 is 0 Å². The van der Waals surface area contributed by atoms with E-state index in [0.717, 1.165) is 0 Å². The molecule has 0 aliphatic carbocycles. The van der Waals surface area contributed by atoms with Crippen LogP contribution in [0.15, 0.2) is 140 Å². The Morgan fingerprint density at radius 1 is 0.522 bits per heavy atom. The molecule has 0 fully saturated rings. The van der Waals surface area contributed by atoms with Gasteiger partial charge >= 0.3 is 24.3 Å². The van der Waals surface area contributed by atoms with E-state index < -0.39 is 48.7 Å². The van der Waals surface area contributed by atoms with E-state index in [4.69, 9.17) is 30.4 Å². The molecule has 0 aliphatic rings.